The van der Waals surface area contributed by atoms with Gasteiger partial charge in [0.2, 0.25) is 11.8 Å². The van der Waals surface area contributed by atoms with E-state index in [1.165, 1.54) is 25.3 Å². The summed E-state index contributed by atoms with van der Waals surface area (Å²) in [5.41, 5.74) is 2.33. The third-order valence-corrected chi connectivity index (χ3v) is 7.81. The molecule has 1 heterocycles. The van der Waals surface area contributed by atoms with E-state index in [1.807, 2.05) is 48.5 Å². The number of nitrogens with zero attached hydrogens (tertiary/aromatic N) is 1. The average molecular weight is 472 g/mol. The van der Waals surface area contributed by atoms with E-state index in [0.717, 1.165) is 33.4 Å². The van der Waals surface area contributed by atoms with Crippen LogP contribution in [0.25, 0.3) is 0 Å². The Morgan fingerprint density at radius 3 is 2.18 bits per heavy atom. The minimum atomic E-state index is -1.27. The number of rotatable bonds is 3. The first-order valence-corrected chi connectivity index (χ1v) is 11.2. The van der Waals surface area contributed by atoms with Crippen molar-refractivity contribution >= 4 is 41.4 Å². The number of imide groups is 1. The molecule has 168 valence electrons. The maximum Gasteiger partial charge on any atom is 0.339 e. The van der Waals surface area contributed by atoms with Crippen molar-refractivity contribution < 1.29 is 23.9 Å². The second-order valence-corrected chi connectivity index (χ2v) is 9.22. The fraction of sp³-hybridized carbons (Fsp3) is 0.185. The number of hydrogen-bond donors (Lipinski definition) is 0. The SMILES string of the molecule is COC(=O)c1cc(N2C(=O)[C@@H]3[C@@H](C2=O)C2c4ccccc4C3(C=O)c3ccccc32)ccc1Cl. The summed E-state index contributed by atoms with van der Waals surface area (Å²) in [6.07, 6.45) is 0.828. The highest BCUT2D eigenvalue weighted by molar-refractivity contribution is 6.34. The van der Waals surface area contributed by atoms with Gasteiger partial charge in [0, 0.05) is 5.92 Å². The summed E-state index contributed by atoms with van der Waals surface area (Å²) in [5.74, 6) is -3.51. The van der Waals surface area contributed by atoms with Crippen LogP contribution in [-0.2, 0) is 24.5 Å². The standard InChI is InChI=1S/C27H18ClNO5/c1-34-26(33)17-12-14(10-11-20(17)28)29-24(31)22-21-15-6-2-4-8-18(15)27(13-30,23(22)25(29)32)19-9-5-3-7-16(19)21/h2-13,21-23H,1H3/t21?,22-,23-,27?/m0/s1. The van der Waals surface area contributed by atoms with Gasteiger partial charge in [-0.3, -0.25) is 9.59 Å². The van der Waals surface area contributed by atoms with E-state index in [1.54, 1.807) is 0 Å². The van der Waals surface area contributed by atoms with Crippen LogP contribution in [0.5, 0.6) is 0 Å². The Morgan fingerprint density at radius 1 is 0.971 bits per heavy atom. The maximum atomic E-state index is 14.0. The van der Waals surface area contributed by atoms with E-state index < -0.39 is 35.0 Å². The summed E-state index contributed by atoms with van der Waals surface area (Å²) in [7, 11) is 1.23. The van der Waals surface area contributed by atoms with E-state index in [0.29, 0.717) is 0 Å². The number of anilines is 1. The van der Waals surface area contributed by atoms with Crippen molar-refractivity contribution in [3.8, 4) is 0 Å². The van der Waals surface area contributed by atoms with Gasteiger partial charge in [-0.2, -0.15) is 0 Å². The molecule has 4 aliphatic rings. The van der Waals surface area contributed by atoms with Gasteiger partial charge >= 0.3 is 5.97 Å². The highest BCUT2D eigenvalue weighted by atomic mass is 35.5. The lowest BCUT2D eigenvalue weighted by Crippen LogP contribution is -2.54. The number of carbonyl (C=O) groups is 4. The molecule has 7 heteroatoms. The van der Waals surface area contributed by atoms with Gasteiger partial charge < -0.3 is 9.53 Å². The highest BCUT2D eigenvalue weighted by Gasteiger charge is 2.68. The first kappa shape index (κ1) is 20.8. The number of halogens is 1. The number of carbonyl (C=O) groups excluding carboxylic acids is 4. The number of amides is 2. The summed E-state index contributed by atoms with van der Waals surface area (Å²) in [4.78, 5) is 54.1. The van der Waals surface area contributed by atoms with Crippen molar-refractivity contribution in [1.29, 1.82) is 0 Å². The fourth-order valence-corrected chi connectivity index (χ4v) is 6.40. The van der Waals surface area contributed by atoms with Crippen LogP contribution < -0.4 is 4.90 Å². The van der Waals surface area contributed by atoms with E-state index in [-0.39, 0.29) is 22.2 Å². The van der Waals surface area contributed by atoms with Crippen LogP contribution in [0.1, 0.15) is 38.5 Å². The predicted octanol–water partition coefficient (Wildman–Crippen LogP) is 3.88. The fourth-order valence-electron chi connectivity index (χ4n) is 6.20. The number of esters is 1. The molecule has 0 saturated carbocycles. The lowest BCUT2D eigenvalue weighted by atomic mass is 9.48. The van der Waals surface area contributed by atoms with Crippen molar-refractivity contribution in [3.63, 3.8) is 0 Å². The Morgan fingerprint density at radius 2 is 1.59 bits per heavy atom. The van der Waals surface area contributed by atoms with Gasteiger partial charge in [0.25, 0.3) is 0 Å². The van der Waals surface area contributed by atoms with E-state index in [9.17, 15) is 19.2 Å². The summed E-state index contributed by atoms with van der Waals surface area (Å²) in [5, 5.41) is 0.149. The molecule has 34 heavy (non-hydrogen) atoms. The molecule has 0 radical (unpaired) electrons. The molecule has 3 aromatic rings. The molecule has 0 spiro atoms. The largest absolute Gasteiger partial charge is 0.465 e. The van der Waals surface area contributed by atoms with Gasteiger partial charge in [-0.05, 0) is 40.5 Å². The number of methoxy groups -OCH3 is 1. The Hall–Kier alpha value is -3.77. The van der Waals surface area contributed by atoms with Crippen molar-refractivity contribution in [2.24, 2.45) is 11.8 Å². The minimum absolute atomic E-state index is 0.0526. The van der Waals surface area contributed by atoms with Crippen molar-refractivity contribution in [2.45, 2.75) is 11.3 Å². The predicted molar refractivity (Wildman–Crippen MR) is 124 cm³/mol. The molecule has 3 aromatic carbocycles. The average Bonchev–Trinajstić information content (AvgIpc) is 3.14. The number of ether oxygens (including phenoxy) is 1. The van der Waals surface area contributed by atoms with Crippen LogP contribution in [0, 0.1) is 11.8 Å². The summed E-state index contributed by atoms with van der Waals surface area (Å²) < 4.78 is 4.79. The monoisotopic (exact) mass is 471 g/mol. The van der Waals surface area contributed by atoms with E-state index in [4.69, 9.17) is 16.3 Å². The van der Waals surface area contributed by atoms with Crippen molar-refractivity contribution in [2.75, 3.05) is 12.0 Å². The first-order chi connectivity index (χ1) is 16.5. The zero-order valence-corrected chi connectivity index (χ0v) is 18.8. The van der Waals surface area contributed by atoms with Gasteiger partial charge in [-0.15, -0.1) is 0 Å². The van der Waals surface area contributed by atoms with Crippen LogP contribution >= 0.6 is 11.6 Å². The van der Waals surface area contributed by atoms with Gasteiger partial charge in [0.1, 0.15) is 6.29 Å². The summed E-state index contributed by atoms with van der Waals surface area (Å²) >= 11 is 6.16. The van der Waals surface area contributed by atoms with E-state index >= 15 is 0 Å². The maximum absolute atomic E-state index is 14.0. The highest BCUT2D eigenvalue weighted by Crippen LogP contribution is 2.63. The van der Waals surface area contributed by atoms with Crippen molar-refractivity contribution in [1.82, 2.24) is 0 Å². The normalized spacial score (nSPS) is 26.1. The number of hydrogen-bond acceptors (Lipinski definition) is 5. The molecule has 0 aromatic heterocycles. The molecule has 7 rings (SSSR count). The molecular weight excluding hydrogens is 454 g/mol. The van der Waals surface area contributed by atoms with Crippen LogP contribution in [-0.4, -0.2) is 31.2 Å². The zero-order valence-electron chi connectivity index (χ0n) is 18.0. The first-order valence-electron chi connectivity index (χ1n) is 10.9. The second kappa shape index (κ2) is 7.11. The smallest absolute Gasteiger partial charge is 0.339 e. The zero-order chi connectivity index (χ0) is 23.8. The molecule has 6 nitrogen and oxygen atoms in total. The number of benzene rings is 3. The summed E-state index contributed by atoms with van der Waals surface area (Å²) in [6, 6.07) is 19.5. The molecule has 0 N–H and O–H groups in total. The molecule has 0 unspecified atom stereocenters. The quantitative estimate of drug-likeness (QED) is 0.329. The third-order valence-electron chi connectivity index (χ3n) is 7.48. The van der Waals surface area contributed by atoms with Crippen LogP contribution in [0.4, 0.5) is 5.69 Å². The Bertz CT molecular complexity index is 1380. The minimum Gasteiger partial charge on any atom is -0.465 e. The lowest BCUT2D eigenvalue weighted by molar-refractivity contribution is -0.128. The Balaban J connectivity index is 1.58. The third kappa shape index (κ3) is 2.36. The Labute approximate surface area is 200 Å². The molecule has 1 fully saturated rings. The van der Waals surface area contributed by atoms with E-state index in [2.05, 4.69) is 0 Å². The van der Waals surface area contributed by atoms with Gasteiger partial charge in [-0.1, -0.05) is 60.1 Å². The van der Waals surface area contributed by atoms with Crippen LogP contribution in [0.15, 0.2) is 66.7 Å². The molecule has 1 saturated heterocycles. The van der Waals surface area contributed by atoms with Crippen LogP contribution in [0.2, 0.25) is 5.02 Å². The molecular formula is C27H18ClNO5. The lowest BCUT2D eigenvalue weighted by Gasteiger charge is -2.51. The van der Waals surface area contributed by atoms with Crippen molar-refractivity contribution in [3.05, 3.63) is 99.6 Å². The summed E-state index contributed by atoms with van der Waals surface area (Å²) in [6.45, 7) is 0. The molecule has 3 aliphatic carbocycles. The number of aldehydes is 1. The van der Waals surface area contributed by atoms with Gasteiger partial charge in [0.05, 0.1) is 40.6 Å². The second-order valence-electron chi connectivity index (χ2n) is 8.81. The topological polar surface area (TPSA) is 80.8 Å². The van der Waals surface area contributed by atoms with Gasteiger partial charge in [0.15, 0.2) is 0 Å². The van der Waals surface area contributed by atoms with Crippen LogP contribution in [0.3, 0.4) is 0 Å². The molecule has 2 atom stereocenters. The Kier molecular flexibility index (Phi) is 4.35. The molecule has 2 bridgehead atoms. The van der Waals surface area contributed by atoms with Gasteiger partial charge in [-0.25, -0.2) is 9.69 Å². The molecule has 1 aliphatic heterocycles. The molecule has 2 amide bonds.